The molecule has 0 unspecified atom stereocenters. The van der Waals surface area contributed by atoms with Gasteiger partial charge in [0.1, 0.15) is 5.67 Å². The van der Waals surface area contributed by atoms with Crippen LogP contribution in [0.25, 0.3) is 0 Å². The average molecular weight is 191 g/mol. The maximum Gasteiger partial charge on any atom is 0.123 e. The van der Waals surface area contributed by atoms with Gasteiger partial charge in [-0.3, -0.25) is 4.90 Å². The number of fused-ring (bicyclic) bond motifs is 1. The molecule has 0 bridgehead atoms. The van der Waals surface area contributed by atoms with Gasteiger partial charge in [0.2, 0.25) is 0 Å². The molecule has 0 amide bonds. The van der Waals surface area contributed by atoms with Crippen molar-refractivity contribution in [2.24, 2.45) is 0 Å². The van der Waals surface area contributed by atoms with E-state index in [1.54, 1.807) is 0 Å². The molecule has 74 valence electrons. The Hall–Kier alpha value is -0.890. The summed E-state index contributed by atoms with van der Waals surface area (Å²) in [5.74, 6) is 0. The molecule has 0 saturated heterocycles. The predicted molar refractivity (Wildman–Crippen MR) is 53.6 cm³/mol. The molecule has 1 heterocycles. The van der Waals surface area contributed by atoms with Crippen molar-refractivity contribution in [2.75, 3.05) is 6.54 Å². The van der Waals surface area contributed by atoms with Crippen LogP contribution in [0.5, 0.6) is 0 Å². The zero-order valence-electron chi connectivity index (χ0n) is 8.17. The SMILES string of the molecule is FC1(CN2Cc3ccccc3C2)CC1. The summed E-state index contributed by atoms with van der Waals surface area (Å²) in [5.41, 5.74) is 1.90. The monoisotopic (exact) mass is 191 g/mol. The molecule has 1 aromatic carbocycles. The van der Waals surface area contributed by atoms with E-state index in [0.717, 1.165) is 25.9 Å². The number of hydrogen-bond acceptors (Lipinski definition) is 1. The molecule has 1 aromatic rings. The standard InChI is InChI=1S/C12H14FN/c13-12(5-6-12)9-14-7-10-3-1-2-4-11(10)8-14/h1-4H,5-9H2. The zero-order valence-corrected chi connectivity index (χ0v) is 8.17. The van der Waals surface area contributed by atoms with E-state index in [1.807, 2.05) is 0 Å². The highest BCUT2D eigenvalue weighted by atomic mass is 19.1. The van der Waals surface area contributed by atoms with Crippen molar-refractivity contribution in [3.63, 3.8) is 0 Å². The minimum Gasteiger partial charge on any atom is -0.292 e. The first-order valence-corrected chi connectivity index (χ1v) is 5.23. The van der Waals surface area contributed by atoms with Crippen LogP contribution < -0.4 is 0 Å². The van der Waals surface area contributed by atoms with Crippen LogP contribution in [0.1, 0.15) is 24.0 Å². The highest BCUT2D eigenvalue weighted by Crippen LogP contribution is 2.41. The lowest BCUT2D eigenvalue weighted by molar-refractivity contribution is 0.176. The molecule has 1 fully saturated rings. The Bertz CT molecular complexity index is 332. The molecular formula is C12H14FN. The first-order chi connectivity index (χ1) is 6.75. The Labute approximate surface area is 83.5 Å². The number of benzene rings is 1. The Balaban J connectivity index is 1.72. The van der Waals surface area contributed by atoms with E-state index >= 15 is 0 Å². The molecule has 0 spiro atoms. The highest BCUT2D eigenvalue weighted by molar-refractivity contribution is 5.30. The van der Waals surface area contributed by atoms with E-state index in [4.69, 9.17) is 0 Å². The summed E-state index contributed by atoms with van der Waals surface area (Å²) in [6.07, 6.45) is 1.53. The second-order valence-corrected chi connectivity index (χ2v) is 4.56. The van der Waals surface area contributed by atoms with Crippen LogP contribution >= 0.6 is 0 Å². The Morgan fingerprint density at radius 2 is 1.71 bits per heavy atom. The van der Waals surface area contributed by atoms with Gasteiger partial charge in [0.25, 0.3) is 0 Å². The molecule has 2 aliphatic rings. The fraction of sp³-hybridized carbons (Fsp3) is 0.500. The summed E-state index contributed by atoms with van der Waals surface area (Å²) in [6.45, 7) is 2.49. The van der Waals surface area contributed by atoms with E-state index in [0.29, 0.717) is 6.54 Å². The van der Waals surface area contributed by atoms with Crippen molar-refractivity contribution in [3.05, 3.63) is 35.4 Å². The molecule has 14 heavy (non-hydrogen) atoms. The maximum absolute atomic E-state index is 13.5. The number of nitrogens with zero attached hydrogens (tertiary/aromatic N) is 1. The van der Waals surface area contributed by atoms with Crippen molar-refractivity contribution in [3.8, 4) is 0 Å². The molecule has 0 atom stereocenters. The number of alkyl halides is 1. The van der Waals surface area contributed by atoms with Gasteiger partial charge in [-0.25, -0.2) is 4.39 Å². The van der Waals surface area contributed by atoms with Crippen LogP contribution in [0.4, 0.5) is 4.39 Å². The van der Waals surface area contributed by atoms with Gasteiger partial charge in [-0.1, -0.05) is 24.3 Å². The molecule has 0 aromatic heterocycles. The lowest BCUT2D eigenvalue weighted by Crippen LogP contribution is -2.26. The smallest absolute Gasteiger partial charge is 0.123 e. The second-order valence-electron chi connectivity index (χ2n) is 4.56. The minimum atomic E-state index is -0.845. The average Bonchev–Trinajstić information content (AvgIpc) is 2.77. The van der Waals surface area contributed by atoms with Crippen LogP contribution in [0.15, 0.2) is 24.3 Å². The van der Waals surface area contributed by atoms with Crippen LogP contribution in [-0.2, 0) is 13.1 Å². The summed E-state index contributed by atoms with van der Waals surface area (Å²) in [4.78, 5) is 2.22. The van der Waals surface area contributed by atoms with Crippen LogP contribution in [-0.4, -0.2) is 17.1 Å². The normalized spacial score (nSPS) is 23.5. The van der Waals surface area contributed by atoms with E-state index < -0.39 is 5.67 Å². The summed E-state index contributed by atoms with van der Waals surface area (Å²) in [7, 11) is 0. The van der Waals surface area contributed by atoms with Gasteiger partial charge in [-0.05, 0) is 24.0 Å². The van der Waals surface area contributed by atoms with Crippen LogP contribution in [0.3, 0.4) is 0 Å². The molecule has 3 rings (SSSR count). The fourth-order valence-corrected chi connectivity index (χ4v) is 2.21. The zero-order chi connectivity index (χ0) is 9.60. The Kier molecular flexibility index (Phi) is 1.68. The second kappa shape index (κ2) is 2.80. The summed E-state index contributed by atoms with van der Waals surface area (Å²) >= 11 is 0. The summed E-state index contributed by atoms with van der Waals surface area (Å²) in [5, 5.41) is 0. The summed E-state index contributed by atoms with van der Waals surface area (Å²) in [6, 6.07) is 8.41. The first-order valence-electron chi connectivity index (χ1n) is 5.23. The fourth-order valence-electron chi connectivity index (χ4n) is 2.21. The Morgan fingerprint density at radius 1 is 1.14 bits per heavy atom. The molecule has 1 nitrogen and oxygen atoms in total. The number of halogens is 1. The highest BCUT2D eigenvalue weighted by Gasteiger charge is 2.45. The topological polar surface area (TPSA) is 3.24 Å². The molecule has 1 saturated carbocycles. The molecule has 1 aliphatic carbocycles. The van der Waals surface area contributed by atoms with Crippen molar-refractivity contribution in [1.82, 2.24) is 4.90 Å². The number of rotatable bonds is 2. The van der Waals surface area contributed by atoms with Gasteiger partial charge in [0.15, 0.2) is 0 Å². The van der Waals surface area contributed by atoms with Crippen molar-refractivity contribution in [2.45, 2.75) is 31.6 Å². The van der Waals surface area contributed by atoms with Gasteiger partial charge in [-0.15, -0.1) is 0 Å². The third-order valence-corrected chi connectivity index (χ3v) is 3.21. The van der Waals surface area contributed by atoms with Crippen LogP contribution in [0, 0.1) is 0 Å². The van der Waals surface area contributed by atoms with E-state index in [1.165, 1.54) is 11.1 Å². The molecule has 2 heteroatoms. The lowest BCUT2D eigenvalue weighted by atomic mass is 10.1. The van der Waals surface area contributed by atoms with Crippen molar-refractivity contribution >= 4 is 0 Å². The van der Waals surface area contributed by atoms with Crippen molar-refractivity contribution in [1.29, 1.82) is 0 Å². The minimum absolute atomic E-state index is 0.627. The van der Waals surface area contributed by atoms with Gasteiger partial charge < -0.3 is 0 Å². The summed E-state index contributed by atoms with van der Waals surface area (Å²) < 4.78 is 13.5. The largest absolute Gasteiger partial charge is 0.292 e. The maximum atomic E-state index is 13.5. The third-order valence-electron chi connectivity index (χ3n) is 3.21. The third kappa shape index (κ3) is 1.44. The molecule has 1 aliphatic heterocycles. The quantitative estimate of drug-likeness (QED) is 0.694. The van der Waals surface area contributed by atoms with E-state index in [9.17, 15) is 4.39 Å². The van der Waals surface area contributed by atoms with E-state index in [2.05, 4.69) is 29.2 Å². The Morgan fingerprint density at radius 3 is 2.21 bits per heavy atom. The first kappa shape index (κ1) is 8.42. The van der Waals surface area contributed by atoms with Gasteiger partial charge in [-0.2, -0.15) is 0 Å². The molecular weight excluding hydrogens is 177 g/mol. The molecule has 0 N–H and O–H groups in total. The number of hydrogen-bond donors (Lipinski definition) is 0. The van der Waals surface area contributed by atoms with Crippen molar-refractivity contribution < 1.29 is 4.39 Å². The van der Waals surface area contributed by atoms with Gasteiger partial charge in [0.05, 0.1) is 0 Å². The van der Waals surface area contributed by atoms with Gasteiger partial charge >= 0.3 is 0 Å². The molecule has 0 radical (unpaired) electrons. The van der Waals surface area contributed by atoms with Gasteiger partial charge in [0, 0.05) is 19.6 Å². The van der Waals surface area contributed by atoms with E-state index in [-0.39, 0.29) is 0 Å². The van der Waals surface area contributed by atoms with Crippen LogP contribution in [0.2, 0.25) is 0 Å². The lowest BCUT2D eigenvalue weighted by Gasteiger charge is -2.16. The predicted octanol–water partition coefficient (Wildman–Crippen LogP) is 2.50.